The summed E-state index contributed by atoms with van der Waals surface area (Å²) in [6.45, 7) is 9.84. The number of aromatic hydroxyl groups is 2. The van der Waals surface area contributed by atoms with Crippen LogP contribution in [-0.4, -0.2) is 90.1 Å². The number of carbonyl (C=O) groups excluding carboxylic acids is 1. The third-order valence-electron chi connectivity index (χ3n) is 7.47. The first-order valence-corrected chi connectivity index (χ1v) is 15.3. The molecule has 8 nitrogen and oxygen atoms in total. The standard InChI is InChI=1S/C22H26F3N3OS.C10H12O4.2ClH/c23-22(24,25)17-6-7-21-19(16-17)28(18-4-1-2-5-20(18)30-21)9-3-8-26-10-12-27(13-11-26)14-15-29;1-3-14-10(13)9-6(2)4-7(11)5-8(9)12;;/h1-2,4-7,16,29H,3,8-15H2;4-5,11-12H,3H2,1-2H3;2*1H. The van der Waals surface area contributed by atoms with Crippen LogP contribution in [0.3, 0.4) is 0 Å². The summed E-state index contributed by atoms with van der Waals surface area (Å²) in [6, 6.07) is 14.5. The van der Waals surface area contributed by atoms with Crippen LogP contribution in [0.4, 0.5) is 24.5 Å². The monoisotopic (exact) mass is 705 g/mol. The maximum atomic E-state index is 13.3. The molecule has 0 aromatic heterocycles. The van der Waals surface area contributed by atoms with Crippen molar-refractivity contribution in [1.29, 1.82) is 0 Å². The molecule has 0 aliphatic carbocycles. The van der Waals surface area contributed by atoms with Crippen LogP contribution in [0.2, 0.25) is 0 Å². The predicted molar refractivity (Wildman–Crippen MR) is 179 cm³/mol. The highest BCUT2D eigenvalue weighted by atomic mass is 35.5. The van der Waals surface area contributed by atoms with E-state index < -0.39 is 17.7 Å². The average Bonchev–Trinajstić information content (AvgIpc) is 2.97. The van der Waals surface area contributed by atoms with E-state index in [-0.39, 0.29) is 55.1 Å². The van der Waals surface area contributed by atoms with Crippen molar-refractivity contribution in [2.45, 2.75) is 36.2 Å². The number of halogens is 5. The van der Waals surface area contributed by atoms with Gasteiger partial charge in [0.1, 0.15) is 17.1 Å². The fourth-order valence-electron chi connectivity index (χ4n) is 5.30. The molecule has 0 unspecified atom stereocenters. The van der Waals surface area contributed by atoms with Crippen LogP contribution < -0.4 is 4.90 Å². The number of rotatable bonds is 8. The van der Waals surface area contributed by atoms with Gasteiger partial charge in [-0.3, -0.25) is 4.90 Å². The van der Waals surface area contributed by atoms with Crippen LogP contribution in [0.1, 0.15) is 34.8 Å². The number of phenols is 2. The van der Waals surface area contributed by atoms with Crippen LogP contribution in [-0.2, 0) is 10.9 Å². The number of ether oxygens (including phenoxy) is 1. The molecule has 0 atom stereocenters. The number of esters is 1. The summed E-state index contributed by atoms with van der Waals surface area (Å²) in [6.07, 6.45) is -3.48. The highest BCUT2D eigenvalue weighted by Gasteiger charge is 2.33. The van der Waals surface area contributed by atoms with E-state index in [0.29, 0.717) is 24.3 Å². The summed E-state index contributed by atoms with van der Waals surface area (Å²) < 4.78 is 44.7. The van der Waals surface area contributed by atoms with Gasteiger partial charge in [-0.25, -0.2) is 4.79 Å². The smallest absolute Gasteiger partial charge is 0.416 e. The first kappa shape index (κ1) is 39.3. The molecule has 1 fully saturated rings. The van der Waals surface area contributed by atoms with Crippen LogP contribution in [0.5, 0.6) is 11.5 Å². The maximum absolute atomic E-state index is 13.3. The fourth-order valence-corrected chi connectivity index (χ4v) is 6.37. The molecule has 3 aromatic rings. The number of aliphatic hydroxyl groups is 1. The Morgan fingerprint density at radius 2 is 1.52 bits per heavy atom. The molecule has 0 spiro atoms. The number of hydrogen-bond donors (Lipinski definition) is 3. The van der Waals surface area contributed by atoms with Crippen LogP contribution in [0.25, 0.3) is 0 Å². The summed E-state index contributed by atoms with van der Waals surface area (Å²) >= 11 is 1.53. The zero-order valence-electron chi connectivity index (χ0n) is 25.6. The van der Waals surface area contributed by atoms with E-state index in [4.69, 9.17) is 14.9 Å². The van der Waals surface area contributed by atoms with Gasteiger partial charge in [0.2, 0.25) is 0 Å². The number of carbonyl (C=O) groups is 1. The lowest BCUT2D eigenvalue weighted by atomic mass is 10.1. The number of aryl methyl sites for hydroxylation is 1. The number of para-hydroxylation sites is 1. The highest BCUT2D eigenvalue weighted by molar-refractivity contribution is 7.99. The summed E-state index contributed by atoms with van der Waals surface area (Å²) in [5.41, 5.74) is 1.60. The van der Waals surface area contributed by atoms with E-state index in [2.05, 4.69) is 9.80 Å². The average molecular weight is 707 g/mol. The molecule has 3 aromatic carbocycles. The Morgan fingerprint density at radius 3 is 2.13 bits per heavy atom. The highest BCUT2D eigenvalue weighted by Crippen LogP contribution is 2.49. The second-order valence-corrected chi connectivity index (χ2v) is 11.6. The van der Waals surface area contributed by atoms with Crippen molar-refractivity contribution in [2.75, 3.05) is 63.9 Å². The van der Waals surface area contributed by atoms with Gasteiger partial charge in [-0.15, -0.1) is 24.8 Å². The Morgan fingerprint density at radius 1 is 0.891 bits per heavy atom. The minimum Gasteiger partial charge on any atom is -0.508 e. The fraction of sp³-hybridized carbons (Fsp3) is 0.406. The molecule has 254 valence electrons. The normalized spacial score (nSPS) is 14.5. The topological polar surface area (TPSA) is 96.7 Å². The molecular formula is C32H40Cl2F3N3O5S. The third-order valence-corrected chi connectivity index (χ3v) is 8.60. The van der Waals surface area contributed by atoms with Gasteiger partial charge in [0.05, 0.1) is 30.2 Å². The van der Waals surface area contributed by atoms with Gasteiger partial charge < -0.3 is 29.9 Å². The van der Waals surface area contributed by atoms with E-state index in [1.165, 1.54) is 30.0 Å². The molecule has 2 aliphatic rings. The van der Waals surface area contributed by atoms with Crippen LogP contribution in [0, 0.1) is 6.92 Å². The second-order valence-electron chi connectivity index (χ2n) is 10.5. The van der Waals surface area contributed by atoms with Crippen molar-refractivity contribution in [2.24, 2.45) is 0 Å². The first-order chi connectivity index (χ1) is 21.0. The van der Waals surface area contributed by atoms with Gasteiger partial charge in [0, 0.05) is 55.1 Å². The number of β-amino-alcohol motifs (C(OH)–C–C–N with tert-alkyl or cyclic N) is 1. The van der Waals surface area contributed by atoms with Gasteiger partial charge in [0.15, 0.2) is 0 Å². The minimum atomic E-state index is -4.35. The van der Waals surface area contributed by atoms with E-state index >= 15 is 0 Å². The number of nitrogens with zero attached hydrogens (tertiary/aromatic N) is 3. The van der Waals surface area contributed by atoms with Crippen LogP contribution >= 0.6 is 36.6 Å². The SMILES string of the molecule is CCOC(=O)c1c(C)cc(O)cc1O.Cl.Cl.OCCN1CCN(CCCN2c3ccccc3Sc3ccc(C(F)(F)F)cc32)CC1. The summed E-state index contributed by atoms with van der Waals surface area (Å²) in [5.74, 6) is -0.920. The van der Waals surface area contributed by atoms with Gasteiger partial charge in [0.25, 0.3) is 0 Å². The molecule has 3 N–H and O–H groups in total. The molecule has 0 amide bonds. The number of benzene rings is 3. The molecule has 2 heterocycles. The number of phenolic OH excluding ortho intramolecular Hbond substituents is 2. The van der Waals surface area contributed by atoms with Crippen molar-refractivity contribution in [3.8, 4) is 11.5 Å². The van der Waals surface area contributed by atoms with E-state index in [9.17, 15) is 23.1 Å². The third kappa shape index (κ3) is 10.1. The Bertz CT molecular complexity index is 1420. The lowest BCUT2D eigenvalue weighted by Crippen LogP contribution is -2.47. The van der Waals surface area contributed by atoms with Crippen LogP contribution in [0.15, 0.2) is 64.4 Å². The number of fused-ring (bicyclic) bond motifs is 2. The number of alkyl halides is 3. The predicted octanol–water partition coefficient (Wildman–Crippen LogP) is 6.73. The summed E-state index contributed by atoms with van der Waals surface area (Å²) in [5, 5.41) is 27.6. The Kier molecular flexibility index (Phi) is 15.3. The van der Waals surface area contributed by atoms with Gasteiger partial charge >= 0.3 is 12.1 Å². The molecule has 46 heavy (non-hydrogen) atoms. The largest absolute Gasteiger partial charge is 0.508 e. The Balaban J connectivity index is 0.000000392. The summed E-state index contributed by atoms with van der Waals surface area (Å²) in [7, 11) is 0. The van der Waals surface area contributed by atoms with Crippen molar-refractivity contribution >= 4 is 53.9 Å². The van der Waals surface area contributed by atoms with Gasteiger partial charge in [-0.2, -0.15) is 13.2 Å². The molecule has 0 saturated carbocycles. The number of hydrogen-bond acceptors (Lipinski definition) is 9. The molecule has 0 radical (unpaired) electrons. The van der Waals surface area contributed by atoms with E-state index in [1.807, 2.05) is 29.2 Å². The van der Waals surface area contributed by atoms with Crippen molar-refractivity contribution in [1.82, 2.24) is 9.80 Å². The minimum absolute atomic E-state index is 0. The zero-order valence-corrected chi connectivity index (χ0v) is 28.1. The molecule has 14 heteroatoms. The molecular weight excluding hydrogens is 666 g/mol. The zero-order chi connectivity index (χ0) is 31.9. The molecule has 5 rings (SSSR count). The molecule has 1 saturated heterocycles. The Hall–Kier alpha value is -2.87. The lowest BCUT2D eigenvalue weighted by Gasteiger charge is -2.36. The second kappa shape index (κ2) is 17.9. The number of aliphatic hydroxyl groups excluding tert-OH is 1. The van der Waals surface area contributed by atoms with Gasteiger partial charge in [-0.05, 0) is 68.8 Å². The van der Waals surface area contributed by atoms with E-state index in [1.54, 1.807) is 19.9 Å². The van der Waals surface area contributed by atoms with E-state index in [0.717, 1.165) is 60.7 Å². The maximum Gasteiger partial charge on any atom is 0.416 e. The lowest BCUT2D eigenvalue weighted by molar-refractivity contribution is -0.137. The van der Waals surface area contributed by atoms with Crippen molar-refractivity contribution in [3.63, 3.8) is 0 Å². The summed E-state index contributed by atoms with van der Waals surface area (Å²) in [4.78, 5) is 20.0. The van der Waals surface area contributed by atoms with Gasteiger partial charge in [-0.1, -0.05) is 23.9 Å². The Labute approximate surface area is 284 Å². The number of anilines is 2. The van der Waals surface area contributed by atoms with Crippen molar-refractivity contribution < 1.29 is 38.0 Å². The molecule has 2 aliphatic heterocycles. The quantitative estimate of drug-likeness (QED) is 0.220. The first-order valence-electron chi connectivity index (χ1n) is 14.5. The number of piperazine rings is 1. The van der Waals surface area contributed by atoms with Crippen molar-refractivity contribution in [3.05, 3.63) is 71.3 Å². The molecule has 0 bridgehead atoms.